The summed E-state index contributed by atoms with van der Waals surface area (Å²) in [6, 6.07) is 11.2. The van der Waals surface area contributed by atoms with Gasteiger partial charge < -0.3 is 20.5 Å². The van der Waals surface area contributed by atoms with E-state index in [4.69, 9.17) is 15.2 Å². The van der Waals surface area contributed by atoms with Gasteiger partial charge in [-0.2, -0.15) is 0 Å². The highest BCUT2D eigenvalue weighted by Gasteiger charge is 2.17. The molecular formula is C23H30N2O3. The number of amides is 1. The van der Waals surface area contributed by atoms with Crippen LogP contribution in [-0.4, -0.2) is 24.7 Å². The first-order valence-corrected chi connectivity index (χ1v) is 10.00. The lowest BCUT2D eigenvalue weighted by Gasteiger charge is -2.16. The number of aryl methyl sites for hydroxylation is 2. The summed E-state index contributed by atoms with van der Waals surface area (Å²) in [5.74, 6) is 1.44. The van der Waals surface area contributed by atoms with Gasteiger partial charge in [0.15, 0.2) is 0 Å². The summed E-state index contributed by atoms with van der Waals surface area (Å²) in [7, 11) is 0. The minimum absolute atomic E-state index is 0.0412. The van der Waals surface area contributed by atoms with E-state index in [1.165, 1.54) is 12.8 Å². The van der Waals surface area contributed by atoms with Crippen LogP contribution in [0.2, 0.25) is 0 Å². The molecule has 1 saturated carbocycles. The monoisotopic (exact) mass is 382 g/mol. The van der Waals surface area contributed by atoms with Crippen molar-refractivity contribution in [2.24, 2.45) is 5.73 Å². The molecule has 1 aliphatic rings. The first-order valence-electron chi connectivity index (χ1n) is 10.00. The van der Waals surface area contributed by atoms with Crippen molar-refractivity contribution in [3.05, 3.63) is 53.1 Å². The number of rotatable bonds is 7. The molecule has 0 spiro atoms. The Balaban J connectivity index is 1.69. The summed E-state index contributed by atoms with van der Waals surface area (Å²) in [6.07, 6.45) is 4.95. The number of hydrogen-bond acceptors (Lipinski definition) is 4. The van der Waals surface area contributed by atoms with Crippen LogP contribution in [-0.2, 0) is 0 Å². The molecule has 5 nitrogen and oxygen atoms in total. The molecular weight excluding hydrogens is 352 g/mol. The van der Waals surface area contributed by atoms with E-state index < -0.39 is 0 Å². The van der Waals surface area contributed by atoms with Crippen LogP contribution >= 0.6 is 0 Å². The lowest BCUT2D eigenvalue weighted by atomic mass is 10.0. The maximum Gasteiger partial charge on any atom is 0.255 e. The van der Waals surface area contributed by atoms with Crippen molar-refractivity contribution in [2.45, 2.75) is 58.6 Å². The van der Waals surface area contributed by atoms with Crippen molar-refractivity contribution < 1.29 is 14.3 Å². The number of carbonyl (C=O) groups is 1. The fraction of sp³-hybridized carbons (Fsp3) is 0.435. The van der Waals surface area contributed by atoms with E-state index in [0.29, 0.717) is 18.3 Å². The number of benzene rings is 2. The summed E-state index contributed by atoms with van der Waals surface area (Å²) in [4.78, 5) is 12.7. The summed E-state index contributed by atoms with van der Waals surface area (Å²) in [5, 5.41) is 2.97. The zero-order valence-electron chi connectivity index (χ0n) is 17.0. The topological polar surface area (TPSA) is 73.6 Å². The Bertz CT molecular complexity index is 803. The standard InChI is InChI=1S/C23H30N2O3/c1-15-11-18(12-16(2)22(15)27-14-17(3)24)23(26)25-19-7-6-10-21(13-19)28-20-8-4-5-9-20/h6-7,10-13,17,20H,4-5,8-9,14,24H2,1-3H3,(H,25,26)/t17-/m1/s1. The predicted octanol–water partition coefficient (Wildman–Crippen LogP) is 4.60. The van der Waals surface area contributed by atoms with Gasteiger partial charge in [0, 0.05) is 23.4 Å². The van der Waals surface area contributed by atoms with Crippen LogP contribution in [0.3, 0.4) is 0 Å². The molecule has 1 atom stereocenters. The Kier molecular flexibility index (Phi) is 6.57. The number of anilines is 1. The van der Waals surface area contributed by atoms with Crippen molar-refractivity contribution in [1.82, 2.24) is 0 Å². The highest BCUT2D eigenvalue weighted by atomic mass is 16.5. The van der Waals surface area contributed by atoms with Crippen molar-refractivity contribution in [3.8, 4) is 11.5 Å². The number of carbonyl (C=O) groups excluding carboxylic acids is 1. The van der Waals surface area contributed by atoms with Crippen molar-refractivity contribution in [1.29, 1.82) is 0 Å². The Morgan fingerprint density at radius 2 is 1.86 bits per heavy atom. The van der Waals surface area contributed by atoms with Gasteiger partial charge in [-0.3, -0.25) is 4.79 Å². The van der Waals surface area contributed by atoms with Gasteiger partial charge in [0.05, 0.1) is 6.10 Å². The zero-order valence-corrected chi connectivity index (χ0v) is 17.0. The highest BCUT2D eigenvalue weighted by molar-refractivity contribution is 6.04. The summed E-state index contributed by atoms with van der Waals surface area (Å²) < 4.78 is 11.8. The molecule has 1 aliphatic carbocycles. The van der Waals surface area contributed by atoms with E-state index >= 15 is 0 Å². The zero-order chi connectivity index (χ0) is 20.1. The van der Waals surface area contributed by atoms with Gasteiger partial charge in [0.2, 0.25) is 0 Å². The molecule has 3 N–H and O–H groups in total. The molecule has 1 fully saturated rings. The van der Waals surface area contributed by atoms with Crippen LogP contribution in [0.4, 0.5) is 5.69 Å². The molecule has 0 bridgehead atoms. The molecule has 0 heterocycles. The van der Waals surface area contributed by atoms with E-state index in [2.05, 4.69) is 5.32 Å². The molecule has 0 radical (unpaired) electrons. The fourth-order valence-electron chi connectivity index (χ4n) is 3.57. The van der Waals surface area contributed by atoms with Crippen LogP contribution in [0, 0.1) is 13.8 Å². The maximum absolute atomic E-state index is 12.7. The van der Waals surface area contributed by atoms with Crippen molar-refractivity contribution in [2.75, 3.05) is 11.9 Å². The Hall–Kier alpha value is -2.53. The van der Waals surface area contributed by atoms with Crippen LogP contribution in [0.1, 0.15) is 54.1 Å². The average molecular weight is 383 g/mol. The Labute approximate surface area is 167 Å². The lowest BCUT2D eigenvalue weighted by molar-refractivity contribution is 0.102. The number of nitrogens with two attached hydrogens (primary N) is 1. The molecule has 3 rings (SSSR count). The van der Waals surface area contributed by atoms with E-state index in [1.807, 2.05) is 57.2 Å². The smallest absolute Gasteiger partial charge is 0.255 e. The van der Waals surface area contributed by atoms with Crippen LogP contribution < -0.4 is 20.5 Å². The fourth-order valence-corrected chi connectivity index (χ4v) is 3.57. The second kappa shape index (κ2) is 9.11. The SMILES string of the molecule is Cc1cc(C(=O)Nc2cccc(OC3CCCC3)c2)cc(C)c1OC[C@@H](C)N. The molecule has 0 saturated heterocycles. The van der Waals surface area contributed by atoms with E-state index in [1.54, 1.807) is 0 Å². The molecule has 1 amide bonds. The summed E-state index contributed by atoms with van der Waals surface area (Å²) in [6.45, 7) is 6.23. The van der Waals surface area contributed by atoms with Crippen LogP contribution in [0.5, 0.6) is 11.5 Å². The van der Waals surface area contributed by atoms with Gasteiger partial charge in [-0.05, 0) is 81.8 Å². The van der Waals surface area contributed by atoms with E-state index in [9.17, 15) is 4.79 Å². The molecule has 5 heteroatoms. The molecule has 0 aromatic heterocycles. The highest BCUT2D eigenvalue weighted by Crippen LogP contribution is 2.27. The molecule has 2 aromatic carbocycles. The molecule has 28 heavy (non-hydrogen) atoms. The normalized spacial score (nSPS) is 15.3. The first kappa shape index (κ1) is 20.2. The number of nitrogens with one attached hydrogen (secondary N) is 1. The van der Waals surface area contributed by atoms with E-state index in [-0.39, 0.29) is 11.9 Å². The molecule has 150 valence electrons. The molecule has 0 unspecified atom stereocenters. The third-order valence-electron chi connectivity index (χ3n) is 4.91. The average Bonchev–Trinajstić information content (AvgIpc) is 3.14. The Morgan fingerprint density at radius 1 is 1.18 bits per heavy atom. The quantitative estimate of drug-likeness (QED) is 0.734. The predicted molar refractivity (Wildman–Crippen MR) is 112 cm³/mol. The second-order valence-electron chi connectivity index (χ2n) is 7.73. The lowest BCUT2D eigenvalue weighted by Crippen LogP contribution is -2.24. The second-order valence-corrected chi connectivity index (χ2v) is 7.73. The third-order valence-corrected chi connectivity index (χ3v) is 4.91. The van der Waals surface area contributed by atoms with Gasteiger partial charge in [0.25, 0.3) is 5.91 Å². The maximum atomic E-state index is 12.7. The van der Waals surface area contributed by atoms with Gasteiger partial charge in [-0.15, -0.1) is 0 Å². The van der Waals surface area contributed by atoms with Gasteiger partial charge in [-0.1, -0.05) is 6.07 Å². The third kappa shape index (κ3) is 5.26. The van der Waals surface area contributed by atoms with Crippen LogP contribution in [0.15, 0.2) is 36.4 Å². The van der Waals surface area contributed by atoms with Crippen molar-refractivity contribution >= 4 is 11.6 Å². The summed E-state index contributed by atoms with van der Waals surface area (Å²) in [5.41, 5.74) is 8.94. The minimum Gasteiger partial charge on any atom is -0.491 e. The Morgan fingerprint density at radius 3 is 2.50 bits per heavy atom. The van der Waals surface area contributed by atoms with Gasteiger partial charge >= 0.3 is 0 Å². The van der Waals surface area contributed by atoms with E-state index in [0.717, 1.165) is 41.2 Å². The number of hydrogen-bond donors (Lipinski definition) is 2. The summed E-state index contributed by atoms with van der Waals surface area (Å²) >= 11 is 0. The van der Waals surface area contributed by atoms with Crippen molar-refractivity contribution in [3.63, 3.8) is 0 Å². The van der Waals surface area contributed by atoms with Gasteiger partial charge in [-0.25, -0.2) is 0 Å². The van der Waals surface area contributed by atoms with Gasteiger partial charge in [0.1, 0.15) is 18.1 Å². The number of ether oxygens (including phenoxy) is 2. The first-order chi connectivity index (χ1) is 13.4. The largest absolute Gasteiger partial charge is 0.491 e. The molecule has 2 aromatic rings. The van der Waals surface area contributed by atoms with Crippen LogP contribution in [0.25, 0.3) is 0 Å². The minimum atomic E-state index is -0.150. The molecule has 0 aliphatic heterocycles.